The molecule has 2 heteroatoms. The van der Waals surface area contributed by atoms with E-state index in [0.29, 0.717) is 5.56 Å². The van der Waals surface area contributed by atoms with Crippen LogP contribution in [0.25, 0.3) is 6.08 Å². The molecule has 14 heavy (non-hydrogen) atoms. The Morgan fingerprint density at radius 1 is 1.43 bits per heavy atom. The molecule has 0 fully saturated rings. The molecule has 0 saturated heterocycles. The Balaban J connectivity index is 2.89. The van der Waals surface area contributed by atoms with Crippen LogP contribution in [-0.2, 0) is 0 Å². The number of phenols is 1. The molecule has 1 aromatic carbocycles. The van der Waals surface area contributed by atoms with Crippen LogP contribution in [0.3, 0.4) is 0 Å². The van der Waals surface area contributed by atoms with Crippen molar-refractivity contribution < 1.29 is 9.50 Å². The van der Waals surface area contributed by atoms with Gasteiger partial charge >= 0.3 is 0 Å². The molecule has 0 aliphatic rings. The van der Waals surface area contributed by atoms with Gasteiger partial charge in [0.2, 0.25) is 0 Å². The van der Waals surface area contributed by atoms with Gasteiger partial charge in [0.1, 0.15) is 0 Å². The number of rotatable bonds is 3. The summed E-state index contributed by atoms with van der Waals surface area (Å²) in [5, 5.41) is 9.20. The van der Waals surface area contributed by atoms with E-state index in [9.17, 15) is 9.50 Å². The zero-order chi connectivity index (χ0) is 10.6. The minimum atomic E-state index is -0.554. The fraction of sp³-hybridized carbons (Fsp3) is 0.333. The van der Waals surface area contributed by atoms with E-state index in [-0.39, 0.29) is 5.75 Å². The SMILES string of the molecule is CCCC=Cc1cc(C)c(O)c(F)c1. The van der Waals surface area contributed by atoms with E-state index >= 15 is 0 Å². The second-order valence-corrected chi connectivity index (χ2v) is 3.36. The van der Waals surface area contributed by atoms with Gasteiger partial charge in [-0.1, -0.05) is 25.5 Å². The second-order valence-electron chi connectivity index (χ2n) is 3.36. The fourth-order valence-corrected chi connectivity index (χ4v) is 1.25. The van der Waals surface area contributed by atoms with E-state index in [4.69, 9.17) is 0 Å². The smallest absolute Gasteiger partial charge is 0.165 e. The Bertz CT molecular complexity index is 319. The Labute approximate surface area is 83.9 Å². The Morgan fingerprint density at radius 3 is 2.71 bits per heavy atom. The molecule has 0 atom stereocenters. The zero-order valence-electron chi connectivity index (χ0n) is 8.55. The topological polar surface area (TPSA) is 20.2 Å². The molecule has 0 bridgehead atoms. The summed E-state index contributed by atoms with van der Waals surface area (Å²) in [5.74, 6) is -0.807. The Morgan fingerprint density at radius 2 is 2.14 bits per heavy atom. The summed E-state index contributed by atoms with van der Waals surface area (Å²) in [4.78, 5) is 0. The van der Waals surface area contributed by atoms with E-state index < -0.39 is 5.82 Å². The molecule has 0 aliphatic carbocycles. The van der Waals surface area contributed by atoms with Crippen LogP contribution >= 0.6 is 0 Å². The van der Waals surface area contributed by atoms with Crippen molar-refractivity contribution in [2.24, 2.45) is 0 Å². The largest absolute Gasteiger partial charge is 0.505 e. The van der Waals surface area contributed by atoms with Gasteiger partial charge in [0, 0.05) is 0 Å². The fourth-order valence-electron chi connectivity index (χ4n) is 1.25. The maximum Gasteiger partial charge on any atom is 0.165 e. The number of halogens is 1. The van der Waals surface area contributed by atoms with Crippen LogP contribution in [0, 0.1) is 12.7 Å². The lowest BCUT2D eigenvalue weighted by Crippen LogP contribution is -1.83. The third-order valence-corrected chi connectivity index (χ3v) is 2.04. The highest BCUT2D eigenvalue weighted by Crippen LogP contribution is 2.22. The molecular formula is C12H15FO. The molecule has 0 unspecified atom stereocenters. The van der Waals surface area contributed by atoms with Crippen LogP contribution in [0.1, 0.15) is 30.9 Å². The maximum absolute atomic E-state index is 13.1. The standard InChI is InChI=1S/C12H15FO/c1-3-4-5-6-10-7-9(2)12(14)11(13)8-10/h5-8,14H,3-4H2,1-2H3. The molecule has 0 aromatic heterocycles. The summed E-state index contributed by atoms with van der Waals surface area (Å²) in [6.45, 7) is 3.78. The lowest BCUT2D eigenvalue weighted by molar-refractivity contribution is 0.428. The number of hydrogen-bond donors (Lipinski definition) is 1. The molecule has 1 rings (SSSR count). The van der Waals surface area contributed by atoms with E-state index in [2.05, 4.69) is 6.92 Å². The monoisotopic (exact) mass is 194 g/mol. The first kappa shape index (κ1) is 10.8. The number of unbranched alkanes of at least 4 members (excludes halogenated alkanes) is 1. The van der Waals surface area contributed by atoms with Crippen LogP contribution in [0.5, 0.6) is 5.75 Å². The highest BCUT2D eigenvalue weighted by atomic mass is 19.1. The van der Waals surface area contributed by atoms with Crippen molar-refractivity contribution in [3.8, 4) is 5.75 Å². The van der Waals surface area contributed by atoms with Gasteiger partial charge in [-0.2, -0.15) is 0 Å². The van der Waals surface area contributed by atoms with Crippen molar-refractivity contribution >= 4 is 6.08 Å². The molecule has 0 aliphatic heterocycles. The summed E-state index contributed by atoms with van der Waals surface area (Å²) < 4.78 is 13.1. The predicted molar refractivity (Wildman–Crippen MR) is 56.7 cm³/mol. The summed E-state index contributed by atoms with van der Waals surface area (Å²) in [7, 11) is 0. The van der Waals surface area contributed by atoms with Crippen LogP contribution < -0.4 is 0 Å². The third-order valence-electron chi connectivity index (χ3n) is 2.04. The predicted octanol–water partition coefficient (Wildman–Crippen LogP) is 3.65. The highest BCUT2D eigenvalue weighted by Gasteiger charge is 2.04. The van der Waals surface area contributed by atoms with Crippen LogP contribution in [-0.4, -0.2) is 5.11 Å². The number of benzene rings is 1. The molecule has 0 heterocycles. The number of aryl methyl sites for hydroxylation is 1. The second kappa shape index (κ2) is 4.80. The third kappa shape index (κ3) is 2.59. The Hall–Kier alpha value is -1.31. The summed E-state index contributed by atoms with van der Waals surface area (Å²) in [6.07, 6.45) is 5.95. The normalized spacial score (nSPS) is 11.1. The minimum absolute atomic E-state index is 0.252. The number of aromatic hydroxyl groups is 1. The lowest BCUT2D eigenvalue weighted by Gasteiger charge is -2.01. The van der Waals surface area contributed by atoms with E-state index in [1.807, 2.05) is 12.2 Å². The first-order chi connectivity index (χ1) is 6.65. The van der Waals surface area contributed by atoms with Gasteiger partial charge < -0.3 is 5.11 Å². The number of phenolic OH excluding ortho intramolecular Hbond substituents is 1. The van der Waals surface area contributed by atoms with Gasteiger partial charge in [-0.3, -0.25) is 0 Å². The van der Waals surface area contributed by atoms with Crippen LogP contribution in [0.2, 0.25) is 0 Å². The van der Waals surface area contributed by atoms with E-state index in [0.717, 1.165) is 18.4 Å². The van der Waals surface area contributed by atoms with Gasteiger partial charge in [-0.05, 0) is 36.6 Å². The average Bonchev–Trinajstić information content (AvgIpc) is 2.14. The molecular weight excluding hydrogens is 179 g/mol. The lowest BCUT2D eigenvalue weighted by atomic mass is 10.1. The van der Waals surface area contributed by atoms with Crippen molar-refractivity contribution in [2.75, 3.05) is 0 Å². The van der Waals surface area contributed by atoms with E-state index in [1.165, 1.54) is 6.07 Å². The quantitative estimate of drug-likeness (QED) is 0.778. The molecule has 0 saturated carbocycles. The molecule has 76 valence electrons. The van der Waals surface area contributed by atoms with Crippen molar-refractivity contribution in [2.45, 2.75) is 26.7 Å². The van der Waals surface area contributed by atoms with Gasteiger partial charge in [0.15, 0.2) is 11.6 Å². The van der Waals surface area contributed by atoms with Gasteiger partial charge in [-0.15, -0.1) is 0 Å². The van der Waals surface area contributed by atoms with Crippen molar-refractivity contribution in [1.82, 2.24) is 0 Å². The van der Waals surface area contributed by atoms with Crippen LogP contribution in [0.15, 0.2) is 18.2 Å². The molecule has 1 nitrogen and oxygen atoms in total. The zero-order valence-corrected chi connectivity index (χ0v) is 8.55. The molecule has 1 N–H and O–H groups in total. The first-order valence-electron chi connectivity index (χ1n) is 4.80. The molecule has 0 radical (unpaired) electrons. The number of hydrogen-bond acceptors (Lipinski definition) is 1. The van der Waals surface area contributed by atoms with Crippen LogP contribution in [0.4, 0.5) is 4.39 Å². The highest BCUT2D eigenvalue weighted by molar-refractivity contribution is 5.53. The summed E-state index contributed by atoms with van der Waals surface area (Å²) in [6, 6.07) is 3.11. The van der Waals surface area contributed by atoms with Gasteiger partial charge in [0.05, 0.1) is 0 Å². The summed E-state index contributed by atoms with van der Waals surface area (Å²) in [5.41, 5.74) is 1.37. The average molecular weight is 194 g/mol. The van der Waals surface area contributed by atoms with Gasteiger partial charge in [0.25, 0.3) is 0 Å². The van der Waals surface area contributed by atoms with Crippen molar-refractivity contribution in [1.29, 1.82) is 0 Å². The van der Waals surface area contributed by atoms with Crippen molar-refractivity contribution in [3.05, 3.63) is 35.2 Å². The number of allylic oxidation sites excluding steroid dienone is 1. The first-order valence-corrected chi connectivity index (χ1v) is 4.80. The van der Waals surface area contributed by atoms with Crippen molar-refractivity contribution in [3.63, 3.8) is 0 Å². The minimum Gasteiger partial charge on any atom is -0.505 e. The molecule has 0 spiro atoms. The molecule has 0 amide bonds. The van der Waals surface area contributed by atoms with Gasteiger partial charge in [-0.25, -0.2) is 4.39 Å². The summed E-state index contributed by atoms with van der Waals surface area (Å²) >= 11 is 0. The maximum atomic E-state index is 13.1. The van der Waals surface area contributed by atoms with E-state index in [1.54, 1.807) is 13.0 Å². The molecule has 1 aromatic rings. The Kier molecular flexibility index (Phi) is 3.69.